The Hall–Kier alpha value is -1.19. The zero-order valence-corrected chi connectivity index (χ0v) is 8.29. The molecule has 0 aromatic heterocycles. The SMILES string of the molecule is CC(=O)OC(C(C)=O)C(=O)C(C)C. The molecule has 0 aromatic rings. The molecule has 0 saturated heterocycles. The number of ketones is 2. The molecule has 0 rings (SSSR count). The maximum Gasteiger partial charge on any atom is 0.303 e. The van der Waals surface area contributed by atoms with Gasteiger partial charge in [0.2, 0.25) is 6.10 Å². The molecule has 4 heteroatoms. The molecule has 0 fully saturated rings. The fourth-order valence-corrected chi connectivity index (χ4v) is 0.810. The van der Waals surface area contributed by atoms with E-state index in [1.807, 2.05) is 0 Å². The maximum absolute atomic E-state index is 11.3. The highest BCUT2D eigenvalue weighted by Crippen LogP contribution is 2.05. The average molecular weight is 186 g/mol. The van der Waals surface area contributed by atoms with Gasteiger partial charge in [-0.25, -0.2) is 0 Å². The zero-order valence-electron chi connectivity index (χ0n) is 8.29. The summed E-state index contributed by atoms with van der Waals surface area (Å²) in [6.45, 7) is 5.71. The van der Waals surface area contributed by atoms with E-state index in [0.29, 0.717) is 0 Å². The minimum Gasteiger partial charge on any atom is -0.446 e. The van der Waals surface area contributed by atoms with Crippen LogP contribution in [0, 0.1) is 5.92 Å². The zero-order chi connectivity index (χ0) is 10.6. The van der Waals surface area contributed by atoms with E-state index in [0.717, 1.165) is 0 Å². The van der Waals surface area contributed by atoms with E-state index in [4.69, 9.17) is 0 Å². The van der Waals surface area contributed by atoms with Gasteiger partial charge in [0.05, 0.1) is 0 Å². The molecule has 74 valence electrons. The third kappa shape index (κ3) is 3.83. The molecule has 0 aliphatic heterocycles. The molecule has 1 unspecified atom stereocenters. The normalized spacial score (nSPS) is 12.4. The molecular weight excluding hydrogens is 172 g/mol. The molecule has 0 N–H and O–H groups in total. The van der Waals surface area contributed by atoms with Crippen molar-refractivity contribution in [3.8, 4) is 0 Å². The molecule has 0 aromatic carbocycles. The summed E-state index contributed by atoms with van der Waals surface area (Å²) in [5.41, 5.74) is 0. The van der Waals surface area contributed by atoms with E-state index in [-0.39, 0.29) is 11.7 Å². The summed E-state index contributed by atoms with van der Waals surface area (Å²) in [7, 11) is 0. The van der Waals surface area contributed by atoms with E-state index in [1.54, 1.807) is 13.8 Å². The van der Waals surface area contributed by atoms with Crippen LogP contribution < -0.4 is 0 Å². The lowest BCUT2D eigenvalue weighted by Crippen LogP contribution is -2.35. The Morgan fingerprint density at radius 2 is 1.54 bits per heavy atom. The number of carbonyl (C=O) groups is 3. The highest BCUT2D eigenvalue weighted by Gasteiger charge is 2.27. The number of hydrogen-bond donors (Lipinski definition) is 0. The Bertz CT molecular complexity index is 230. The van der Waals surface area contributed by atoms with Crippen molar-refractivity contribution in [3.05, 3.63) is 0 Å². The maximum atomic E-state index is 11.3. The molecule has 0 spiro atoms. The van der Waals surface area contributed by atoms with E-state index < -0.39 is 17.9 Å². The summed E-state index contributed by atoms with van der Waals surface area (Å²) in [6.07, 6.45) is -1.22. The van der Waals surface area contributed by atoms with E-state index in [1.165, 1.54) is 13.8 Å². The van der Waals surface area contributed by atoms with E-state index in [9.17, 15) is 14.4 Å². The number of ether oxygens (including phenoxy) is 1. The summed E-state index contributed by atoms with van der Waals surface area (Å²) in [5.74, 6) is -1.72. The molecule has 0 saturated carbocycles. The van der Waals surface area contributed by atoms with Crippen LogP contribution in [0.3, 0.4) is 0 Å². The molecule has 0 amide bonds. The fraction of sp³-hybridized carbons (Fsp3) is 0.667. The highest BCUT2D eigenvalue weighted by molar-refractivity contribution is 6.06. The van der Waals surface area contributed by atoms with Crippen LogP contribution in [0.4, 0.5) is 0 Å². The van der Waals surface area contributed by atoms with Crippen molar-refractivity contribution in [2.45, 2.75) is 33.8 Å². The topological polar surface area (TPSA) is 60.4 Å². The lowest BCUT2D eigenvalue weighted by atomic mass is 10.0. The highest BCUT2D eigenvalue weighted by atomic mass is 16.5. The van der Waals surface area contributed by atoms with Crippen LogP contribution >= 0.6 is 0 Å². The Morgan fingerprint density at radius 1 is 1.08 bits per heavy atom. The van der Waals surface area contributed by atoms with Crippen LogP contribution in [0.25, 0.3) is 0 Å². The second-order valence-corrected chi connectivity index (χ2v) is 3.16. The number of hydrogen-bond acceptors (Lipinski definition) is 4. The molecule has 4 nitrogen and oxygen atoms in total. The lowest BCUT2D eigenvalue weighted by Gasteiger charge is -2.14. The van der Waals surface area contributed by atoms with Gasteiger partial charge in [-0.1, -0.05) is 13.8 Å². The monoisotopic (exact) mass is 186 g/mol. The minimum absolute atomic E-state index is 0.312. The molecule has 13 heavy (non-hydrogen) atoms. The van der Waals surface area contributed by atoms with Crippen LogP contribution in [-0.4, -0.2) is 23.6 Å². The average Bonchev–Trinajstić information content (AvgIpc) is 1.97. The minimum atomic E-state index is -1.22. The Kier molecular flexibility index (Phi) is 4.31. The van der Waals surface area contributed by atoms with Crippen molar-refractivity contribution in [1.82, 2.24) is 0 Å². The van der Waals surface area contributed by atoms with Crippen molar-refractivity contribution in [3.63, 3.8) is 0 Å². The molecule has 0 aliphatic carbocycles. The molecule has 0 aliphatic rings. The predicted octanol–water partition coefficient (Wildman–Crippen LogP) is 0.732. The van der Waals surface area contributed by atoms with Gasteiger partial charge in [-0.05, 0) is 6.92 Å². The van der Waals surface area contributed by atoms with Crippen LogP contribution in [0.15, 0.2) is 0 Å². The predicted molar refractivity (Wildman–Crippen MR) is 46.1 cm³/mol. The van der Waals surface area contributed by atoms with E-state index >= 15 is 0 Å². The number of Topliss-reactive ketones (excluding diaryl/α,β-unsaturated/α-hetero) is 2. The summed E-state index contributed by atoms with van der Waals surface area (Å²) in [4.78, 5) is 32.8. The lowest BCUT2D eigenvalue weighted by molar-refractivity contribution is -0.159. The molecule has 0 radical (unpaired) electrons. The summed E-state index contributed by atoms with van der Waals surface area (Å²) >= 11 is 0. The first-order valence-electron chi connectivity index (χ1n) is 4.07. The smallest absolute Gasteiger partial charge is 0.303 e. The van der Waals surface area contributed by atoms with E-state index in [2.05, 4.69) is 4.74 Å². The first-order chi connectivity index (χ1) is 5.86. The number of rotatable bonds is 4. The van der Waals surface area contributed by atoms with Gasteiger partial charge in [0.25, 0.3) is 0 Å². The van der Waals surface area contributed by atoms with Gasteiger partial charge in [-0.15, -0.1) is 0 Å². The van der Waals surface area contributed by atoms with Gasteiger partial charge in [0.1, 0.15) is 0 Å². The van der Waals surface area contributed by atoms with Crippen LogP contribution in [0.5, 0.6) is 0 Å². The Morgan fingerprint density at radius 3 is 1.77 bits per heavy atom. The second kappa shape index (κ2) is 4.74. The summed E-state index contributed by atoms with van der Waals surface area (Å²) < 4.78 is 4.60. The van der Waals surface area contributed by atoms with Crippen molar-refractivity contribution in [2.75, 3.05) is 0 Å². The Labute approximate surface area is 77.3 Å². The van der Waals surface area contributed by atoms with Crippen molar-refractivity contribution < 1.29 is 19.1 Å². The molecule has 0 bridgehead atoms. The molecule has 1 atom stereocenters. The van der Waals surface area contributed by atoms with Gasteiger partial charge in [-0.2, -0.15) is 0 Å². The van der Waals surface area contributed by atoms with Gasteiger partial charge in [0.15, 0.2) is 11.6 Å². The van der Waals surface area contributed by atoms with Gasteiger partial charge in [0, 0.05) is 12.8 Å². The van der Waals surface area contributed by atoms with Gasteiger partial charge in [-0.3, -0.25) is 14.4 Å². The first kappa shape index (κ1) is 11.8. The molecular formula is C9H14O4. The molecule has 0 heterocycles. The number of carbonyl (C=O) groups excluding carboxylic acids is 3. The summed E-state index contributed by atoms with van der Waals surface area (Å²) in [6, 6.07) is 0. The standard InChI is InChI=1S/C9H14O4/c1-5(2)8(12)9(6(3)10)13-7(4)11/h5,9H,1-4H3. The fourth-order valence-electron chi connectivity index (χ4n) is 0.810. The number of esters is 1. The van der Waals surface area contributed by atoms with Gasteiger partial charge < -0.3 is 4.74 Å². The second-order valence-electron chi connectivity index (χ2n) is 3.16. The van der Waals surface area contributed by atoms with Gasteiger partial charge >= 0.3 is 5.97 Å². The van der Waals surface area contributed by atoms with Crippen LogP contribution in [-0.2, 0) is 19.1 Å². The van der Waals surface area contributed by atoms with Crippen LogP contribution in [0.1, 0.15) is 27.7 Å². The first-order valence-corrected chi connectivity index (χ1v) is 4.07. The van der Waals surface area contributed by atoms with Crippen LogP contribution in [0.2, 0.25) is 0 Å². The van der Waals surface area contributed by atoms with Crippen molar-refractivity contribution >= 4 is 17.5 Å². The quantitative estimate of drug-likeness (QED) is 0.479. The largest absolute Gasteiger partial charge is 0.446 e. The summed E-state index contributed by atoms with van der Waals surface area (Å²) in [5, 5.41) is 0. The van der Waals surface area contributed by atoms with Crippen molar-refractivity contribution in [2.24, 2.45) is 5.92 Å². The third-order valence-corrected chi connectivity index (χ3v) is 1.48. The third-order valence-electron chi connectivity index (χ3n) is 1.48. The Balaban J connectivity index is 4.52. The van der Waals surface area contributed by atoms with Crippen molar-refractivity contribution in [1.29, 1.82) is 0 Å².